The lowest BCUT2D eigenvalue weighted by atomic mass is 10.2. The number of nitriles is 1. The van der Waals surface area contributed by atoms with Gasteiger partial charge in [0.05, 0.1) is 12.2 Å². The minimum atomic E-state index is -0.0588. The first-order chi connectivity index (χ1) is 12.1. The van der Waals surface area contributed by atoms with Crippen molar-refractivity contribution in [2.24, 2.45) is 5.92 Å². The number of nitrogens with one attached hydrogen (secondary N) is 1. The number of anilines is 1. The van der Waals surface area contributed by atoms with Gasteiger partial charge in [-0.05, 0) is 24.5 Å². The Morgan fingerprint density at radius 2 is 2.24 bits per heavy atom. The van der Waals surface area contributed by atoms with E-state index in [1.807, 2.05) is 4.90 Å². The smallest absolute Gasteiger partial charge is 0.317 e. The molecule has 136 valence electrons. The highest BCUT2D eigenvalue weighted by Crippen LogP contribution is 2.18. The molecule has 7 nitrogen and oxygen atoms in total. The van der Waals surface area contributed by atoms with Crippen LogP contribution in [0.1, 0.15) is 25.8 Å². The summed E-state index contributed by atoms with van der Waals surface area (Å²) in [5.41, 5.74) is 0.572. The minimum Gasteiger partial charge on any atom is -0.379 e. The lowest BCUT2D eigenvalue weighted by molar-refractivity contribution is 0.111. The Bertz CT molecular complexity index is 599. The van der Waals surface area contributed by atoms with Gasteiger partial charge in [-0.25, -0.2) is 9.78 Å². The molecule has 25 heavy (non-hydrogen) atoms. The van der Waals surface area contributed by atoms with Crippen LogP contribution < -0.4 is 10.2 Å². The molecule has 0 aliphatic carbocycles. The van der Waals surface area contributed by atoms with Crippen LogP contribution in [0.15, 0.2) is 18.3 Å². The highest BCUT2D eigenvalue weighted by Gasteiger charge is 2.21. The zero-order valence-corrected chi connectivity index (χ0v) is 15.1. The van der Waals surface area contributed by atoms with Crippen LogP contribution in [0.25, 0.3) is 0 Å². The van der Waals surface area contributed by atoms with E-state index in [1.165, 1.54) is 0 Å². The monoisotopic (exact) mass is 345 g/mol. The van der Waals surface area contributed by atoms with Crippen molar-refractivity contribution in [2.45, 2.75) is 20.3 Å². The Balaban J connectivity index is 1.81. The number of hydrogen-bond acceptors (Lipinski definition) is 5. The third-order valence-electron chi connectivity index (χ3n) is 3.96. The van der Waals surface area contributed by atoms with Crippen molar-refractivity contribution < 1.29 is 9.53 Å². The van der Waals surface area contributed by atoms with Crippen molar-refractivity contribution in [3.05, 3.63) is 23.9 Å². The van der Waals surface area contributed by atoms with Gasteiger partial charge in [0.2, 0.25) is 0 Å². The molecule has 7 heteroatoms. The predicted molar refractivity (Wildman–Crippen MR) is 96.4 cm³/mol. The van der Waals surface area contributed by atoms with Crippen LogP contribution in [0.3, 0.4) is 0 Å². The van der Waals surface area contributed by atoms with E-state index in [9.17, 15) is 10.1 Å². The summed E-state index contributed by atoms with van der Waals surface area (Å²) in [6.07, 6.45) is 2.54. The summed E-state index contributed by atoms with van der Waals surface area (Å²) in [7, 11) is 0. The molecule has 0 atom stereocenters. The third-order valence-corrected chi connectivity index (χ3v) is 3.96. The van der Waals surface area contributed by atoms with Crippen LogP contribution in [0.5, 0.6) is 0 Å². The van der Waals surface area contributed by atoms with Crippen LogP contribution in [-0.4, -0.2) is 61.9 Å². The van der Waals surface area contributed by atoms with Crippen molar-refractivity contribution in [1.82, 2.24) is 15.2 Å². The Morgan fingerprint density at radius 1 is 1.40 bits per heavy atom. The van der Waals surface area contributed by atoms with Gasteiger partial charge in [0.25, 0.3) is 0 Å². The summed E-state index contributed by atoms with van der Waals surface area (Å²) in [4.78, 5) is 20.5. The lowest BCUT2D eigenvalue weighted by Crippen LogP contribution is -2.43. The Morgan fingerprint density at radius 3 is 3.00 bits per heavy atom. The standard InChI is InChI=1S/C18H27N5O2/c1-15(2)14-25-12-7-21-18(24)23-9-4-8-22(10-11-23)17-16(13-19)5-3-6-20-17/h3,5-6,15H,4,7-12,14H2,1-2H3,(H,21,24). The second-order valence-electron chi connectivity index (χ2n) is 6.51. The number of ether oxygens (including phenoxy) is 1. The van der Waals surface area contributed by atoms with Crippen LogP contribution in [-0.2, 0) is 4.74 Å². The number of rotatable bonds is 6. The first-order valence-electron chi connectivity index (χ1n) is 8.82. The summed E-state index contributed by atoms with van der Waals surface area (Å²) in [5, 5.41) is 12.1. The van der Waals surface area contributed by atoms with Gasteiger partial charge in [0.1, 0.15) is 11.9 Å². The first-order valence-corrected chi connectivity index (χ1v) is 8.82. The second kappa shape index (κ2) is 9.84. The number of hydrogen-bond donors (Lipinski definition) is 1. The normalized spacial score (nSPS) is 15.0. The molecule has 1 saturated heterocycles. The second-order valence-corrected chi connectivity index (χ2v) is 6.51. The molecule has 1 aliphatic heterocycles. The minimum absolute atomic E-state index is 0.0588. The first kappa shape index (κ1) is 19.0. The average molecular weight is 345 g/mol. The molecule has 2 amide bonds. The number of aromatic nitrogens is 1. The molecule has 0 aromatic carbocycles. The molecule has 1 N–H and O–H groups in total. The number of carbonyl (C=O) groups is 1. The zero-order valence-electron chi connectivity index (χ0n) is 15.1. The van der Waals surface area contributed by atoms with E-state index in [1.54, 1.807) is 18.3 Å². The molecule has 0 radical (unpaired) electrons. The maximum Gasteiger partial charge on any atom is 0.317 e. The largest absolute Gasteiger partial charge is 0.379 e. The topological polar surface area (TPSA) is 81.5 Å². The molecular formula is C18H27N5O2. The third kappa shape index (κ3) is 5.91. The van der Waals surface area contributed by atoms with E-state index in [0.717, 1.165) is 13.0 Å². The van der Waals surface area contributed by atoms with Crippen LogP contribution >= 0.6 is 0 Å². The Hall–Kier alpha value is -2.33. The summed E-state index contributed by atoms with van der Waals surface area (Å²) in [6, 6.07) is 5.66. The fourth-order valence-corrected chi connectivity index (χ4v) is 2.73. The fraction of sp³-hybridized carbons (Fsp3) is 0.611. The van der Waals surface area contributed by atoms with Gasteiger partial charge < -0.3 is 19.9 Å². The van der Waals surface area contributed by atoms with Gasteiger partial charge in [-0.3, -0.25) is 0 Å². The van der Waals surface area contributed by atoms with E-state index < -0.39 is 0 Å². The summed E-state index contributed by atoms with van der Waals surface area (Å²) in [5.74, 6) is 1.20. The van der Waals surface area contributed by atoms with E-state index in [4.69, 9.17) is 4.74 Å². The van der Waals surface area contributed by atoms with Gasteiger partial charge in [0, 0.05) is 45.5 Å². The molecule has 1 fully saturated rings. The van der Waals surface area contributed by atoms with Gasteiger partial charge in [0.15, 0.2) is 0 Å². The van der Waals surface area contributed by atoms with E-state index in [2.05, 4.69) is 35.1 Å². The van der Waals surface area contributed by atoms with Crippen molar-refractivity contribution in [3.8, 4) is 6.07 Å². The summed E-state index contributed by atoms with van der Waals surface area (Å²) in [6.45, 7) is 8.72. The zero-order chi connectivity index (χ0) is 18.1. The van der Waals surface area contributed by atoms with Crippen LogP contribution in [0.4, 0.5) is 10.6 Å². The number of carbonyl (C=O) groups excluding carboxylic acids is 1. The van der Waals surface area contributed by atoms with Gasteiger partial charge in [-0.1, -0.05) is 13.8 Å². The Labute approximate surface area is 149 Å². The maximum absolute atomic E-state index is 12.3. The number of urea groups is 1. The molecule has 1 aliphatic rings. The lowest BCUT2D eigenvalue weighted by Gasteiger charge is -2.23. The predicted octanol–water partition coefficient (Wildman–Crippen LogP) is 1.85. The maximum atomic E-state index is 12.3. The summed E-state index contributed by atoms with van der Waals surface area (Å²) < 4.78 is 5.48. The highest BCUT2D eigenvalue weighted by molar-refractivity contribution is 5.74. The van der Waals surface area contributed by atoms with Gasteiger partial charge in [-0.15, -0.1) is 0 Å². The molecule has 2 rings (SSSR count). The van der Waals surface area contributed by atoms with E-state index >= 15 is 0 Å². The van der Waals surface area contributed by atoms with Gasteiger partial charge in [-0.2, -0.15) is 5.26 Å². The average Bonchev–Trinajstić information content (AvgIpc) is 2.87. The van der Waals surface area contributed by atoms with Crippen LogP contribution in [0, 0.1) is 17.2 Å². The van der Waals surface area contributed by atoms with E-state index in [-0.39, 0.29) is 6.03 Å². The fourth-order valence-electron chi connectivity index (χ4n) is 2.73. The number of pyridine rings is 1. The quantitative estimate of drug-likeness (QED) is 0.796. The molecule has 1 aromatic rings. The van der Waals surface area contributed by atoms with Crippen LogP contribution in [0.2, 0.25) is 0 Å². The van der Waals surface area contributed by atoms with Crippen molar-refractivity contribution in [1.29, 1.82) is 5.26 Å². The summed E-state index contributed by atoms with van der Waals surface area (Å²) >= 11 is 0. The number of amides is 2. The molecule has 2 heterocycles. The van der Waals surface area contributed by atoms with Crippen molar-refractivity contribution >= 4 is 11.8 Å². The Kier molecular flexibility index (Phi) is 7.48. The molecule has 0 spiro atoms. The van der Waals surface area contributed by atoms with Gasteiger partial charge >= 0.3 is 6.03 Å². The molecular weight excluding hydrogens is 318 g/mol. The van der Waals surface area contributed by atoms with Crippen molar-refractivity contribution in [2.75, 3.05) is 50.8 Å². The highest BCUT2D eigenvalue weighted by atomic mass is 16.5. The SMILES string of the molecule is CC(C)COCCNC(=O)N1CCCN(c2ncccc2C#N)CC1. The number of nitrogens with zero attached hydrogens (tertiary/aromatic N) is 4. The molecule has 0 saturated carbocycles. The molecule has 0 unspecified atom stereocenters. The molecule has 0 bridgehead atoms. The van der Waals surface area contributed by atoms with Crippen molar-refractivity contribution in [3.63, 3.8) is 0 Å². The van der Waals surface area contributed by atoms with E-state index in [0.29, 0.717) is 56.7 Å². The molecule has 1 aromatic heterocycles.